The number of hydrogen-bond acceptors (Lipinski definition) is 4. The van der Waals surface area contributed by atoms with Crippen LogP contribution in [-0.4, -0.2) is 12.1 Å². The number of rotatable bonds is 6. The molecule has 0 spiro atoms. The summed E-state index contributed by atoms with van der Waals surface area (Å²) < 4.78 is 5.12. The first-order valence-corrected chi connectivity index (χ1v) is 6.98. The Balaban J connectivity index is 1.97. The van der Waals surface area contributed by atoms with Crippen LogP contribution in [-0.2, 0) is 6.54 Å². The second-order valence-corrected chi connectivity index (χ2v) is 5.01. The fraction of sp³-hybridized carbons (Fsp3) is 0.357. The van der Waals surface area contributed by atoms with Gasteiger partial charge in [-0.3, -0.25) is 0 Å². The zero-order valence-electron chi connectivity index (χ0n) is 10.7. The number of ether oxygens (including phenoxy) is 1. The summed E-state index contributed by atoms with van der Waals surface area (Å²) in [4.78, 5) is 5.77. The van der Waals surface area contributed by atoms with Crippen LogP contribution in [0.4, 0.5) is 0 Å². The Kier molecular flexibility index (Phi) is 4.73. The van der Waals surface area contributed by atoms with Gasteiger partial charge in [0, 0.05) is 23.5 Å². The summed E-state index contributed by atoms with van der Waals surface area (Å²) in [5.41, 5.74) is 1.00. The summed E-state index contributed by atoms with van der Waals surface area (Å²) in [6.07, 6.45) is 1.07. The van der Waals surface area contributed by atoms with E-state index in [4.69, 9.17) is 4.74 Å². The third-order valence-electron chi connectivity index (χ3n) is 2.81. The lowest BCUT2D eigenvalue weighted by atomic mass is 10.2. The molecule has 0 bridgehead atoms. The Bertz CT molecular complexity index is 470. The molecule has 3 nitrogen and oxygen atoms in total. The van der Waals surface area contributed by atoms with E-state index in [0.29, 0.717) is 11.9 Å². The topological polar surface area (TPSA) is 34.1 Å². The van der Waals surface area contributed by atoms with E-state index in [1.165, 1.54) is 4.88 Å². The van der Waals surface area contributed by atoms with Crippen molar-refractivity contribution in [2.45, 2.75) is 25.9 Å². The largest absolute Gasteiger partial charge is 0.481 e. The monoisotopic (exact) mass is 262 g/mol. The first-order valence-electron chi connectivity index (χ1n) is 6.10. The second-order valence-electron chi connectivity index (χ2n) is 4.03. The maximum Gasteiger partial charge on any atom is 0.213 e. The van der Waals surface area contributed by atoms with Crippen molar-refractivity contribution in [3.63, 3.8) is 0 Å². The Labute approximate surface area is 112 Å². The van der Waals surface area contributed by atoms with E-state index in [0.717, 1.165) is 18.7 Å². The molecule has 2 heterocycles. The number of methoxy groups -OCH3 is 1. The van der Waals surface area contributed by atoms with Crippen LogP contribution in [0.5, 0.6) is 5.88 Å². The second kappa shape index (κ2) is 6.52. The van der Waals surface area contributed by atoms with Crippen molar-refractivity contribution >= 4 is 11.3 Å². The molecule has 1 atom stereocenters. The molecule has 0 aliphatic heterocycles. The molecule has 96 valence electrons. The zero-order valence-corrected chi connectivity index (χ0v) is 11.5. The Morgan fingerprint density at radius 1 is 1.33 bits per heavy atom. The number of aromatic nitrogens is 1. The van der Waals surface area contributed by atoms with Gasteiger partial charge >= 0.3 is 0 Å². The molecule has 0 aliphatic carbocycles. The van der Waals surface area contributed by atoms with Crippen LogP contribution >= 0.6 is 11.3 Å². The van der Waals surface area contributed by atoms with Crippen LogP contribution in [0.25, 0.3) is 0 Å². The van der Waals surface area contributed by atoms with Crippen molar-refractivity contribution in [3.8, 4) is 5.88 Å². The smallest absolute Gasteiger partial charge is 0.213 e. The normalized spacial score (nSPS) is 12.3. The Morgan fingerprint density at radius 2 is 2.22 bits per heavy atom. The number of thiophene rings is 1. The summed E-state index contributed by atoms with van der Waals surface area (Å²) in [5.74, 6) is 0.665. The fourth-order valence-electron chi connectivity index (χ4n) is 1.83. The number of nitrogens with one attached hydrogen (secondary N) is 1. The predicted octanol–water partition coefficient (Wildman–Crippen LogP) is 3.39. The molecular weight excluding hydrogens is 244 g/mol. The van der Waals surface area contributed by atoms with Crippen LogP contribution in [0.2, 0.25) is 0 Å². The van der Waals surface area contributed by atoms with Crippen LogP contribution in [0.15, 0.2) is 35.7 Å². The minimum absolute atomic E-state index is 0.401. The predicted molar refractivity (Wildman–Crippen MR) is 75.0 cm³/mol. The SMILES string of the molecule is CCC(NCc1cccc(OC)n1)c1cccs1. The van der Waals surface area contributed by atoms with Gasteiger partial charge in [-0.05, 0) is 23.9 Å². The lowest BCUT2D eigenvalue weighted by molar-refractivity contribution is 0.395. The van der Waals surface area contributed by atoms with Gasteiger partial charge in [-0.1, -0.05) is 19.1 Å². The third-order valence-corrected chi connectivity index (χ3v) is 3.80. The van der Waals surface area contributed by atoms with E-state index in [9.17, 15) is 0 Å². The molecule has 0 saturated heterocycles. The minimum Gasteiger partial charge on any atom is -0.481 e. The van der Waals surface area contributed by atoms with Gasteiger partial charge in [0.1, 0.15) is 0 Å². The standard InChI is InChI=1S/C14H18N2OS/c1-3-12(13-7-5-9-18-13)15-10-11-6-4-8-14(16-11)17-2/h4-9,12,15H,3,10H2,1-2H3. The average molecular weight is 262 g/mol. The van der Waals surface area contributed by atoms with Crippen LogP contribution in [0.1, 0.15) is 30.0 Å². The van der Waals surface area contributed by atoms with Crippen molar-refractivity contribution in [3.05, 3.63) is 46.3 Å². The number of pyridine rings is 1. The molecule has 0 aliphatic rings. The molecule has 18 heavy (non-hydrogen) atoms. The molecular formula is C14H18N2OS. The van der Waals surface area contributed by atoms with Crippen molar-refractivity contribution in [2.75, 3.05) is 7.11 Å². The van der Waals surface area contributed by atoms with Crippen LogP contribution in [0, 0.1) is 0 Å². The molecule has 4 heteroatoms. The highest BCUT2D eigenvalue weighted by Gasteiger charge is 2.09. The van der Waals surface area contributed by atoms with E-state index in [1.54, 1.807) is 18.4 Å². The minimum atomic E-state index is 0.401. The number of nitrogens with zero attached hydrogens (tertiary/aromatic N) is 1. The molecule has 0 aromatic carbocycles. The molecule has 1 unspecified atom stereocenters. The summed E-state index contributed by atoms with van der Waals surface area (Å²) in [7, 11) is 1.64. The van der Waals surface area contributed by atoms with Crippen molar-refractivity contribution in [2.24, 2.45) is 0 Å². The third kappa shape index (κ3) is 3.31. The lowest BCUT2D eigenvalue weighted by Crippen LogP contribution is -2.20. The van der Waals surface area contributed by atoms with E-state index in [2.05, 4.69) is 34.7 Å². The maximum absolute atomic E-state index is 5.12. The molecule has 2 aromatic rings. The molecule has 2 aromatic heterocycles. The highest BCUT2D eigenvalue weighted by molar-refractivity contribution is 7.10. The Hall–Kier alpha value is -1.39. The first-order chi connectivity index (χ1) is 8.83. The van der Waals surface area contributed by atoms with Crippen LogP contribution < -0.4 is 10.1 Å². The van der Waals surface area contributed by atoms with Crippen molar-refractivity contribution in [1.29, 1.82) is 0 Å². The molecule has 0 amide bonds. The van der Waals surface area contributed by atoms with E-state index in [-0.39, 0.29) is 0 Å². The molecule has 0 radical (unpaired) electrons. The van der Waals surface area contributed by atoms with Gasteiger partial charge in [-0.2, -0.15) is 0 Å². The lowest BCUT2D eigenvalue weighted by Gasteiger charge is -2.15. The van der Waals surface area contributed by atoms with Gasteiger partial charge in [0.25, 0.3) is 0 Å². The van der Waals surface area contributed by atoms with Crippen molar-refractivity contribution in [1.82, 2.24) is 10.3 Å². The van der Waals surface area contributed by atoms with E-state index >= 15 is 0 Å². The van der Waals surface area contributed by atoms with Gasteiger partial charge in [0.2, 0.25) is 5.88 Å². The van der Waals surface area contributed by atoms with Crippen LogP contribution in [0.3, 0.4) is 0 Å². The van der Waals surface area contributed by atoms with Gasteiger partial charge in [0.05, 0.1) is 12.8 Å². The summed E-state index contributed by atoms with van der Waals surface area (Å²) >= 11 is 1.79. The average Bonchev–Trinajstić information content (AvgIpc) is 2.94. The fourth-order valence-corrected chi connectivity index (χ4v) is 2.72. The highest BCUT2D eigenvalue weighted by Crippen LogP contribution is 2.22. The molecule has 0 saturated carbocycles. The highest BCUT2D eigenvalue weighted by atomic mass is 32.1. The van der Waals surface area contributed by atoms with Gasteiger partial charge in [0.15, 0.2) is 0 Å². The zero-order chi connectivity index (χ0) is 12.8. The molecule has 2 rings (SSSR count). The van der Waals surface area contributed by atoms with E-state index < -0.39 is 0 Å². The maximum atomic E-state index is 5.12. The molecule has 0 fully saturated rings. The van der Waals surface area contributed by atoms with Gasteiger partial charge in [-0.25, -0.2) is 4.98 Å². The van der Waals surface area contributed by atoms with Crippen molar-refractivity contribution < 1.29 is 4.74 Å². The Morgan fingerprint density at radius 3 is 2.89 bits per heavy atom. The number of hydrogen-bond donors (Lipinski definition) is 1. The first kappa shape index (κ1) is 13.1. The van der Waals surface area contributed by atoms with Gasteiger partial charge < -0.3 is 10.1 Å². The summed E-state index contributed by atoms with van der Waals surface area (Å²) in [5, 5.41) is 5.65. The summed E-state index contributed by atoms with van der Waals surface area (Å²) in [6.45, 7) is 2.95. The summed E-state index contributed by atoms with van der Waals surface area (Å²) in [6, 6.07) is 10.5. The van der Waals surface area contributed by atoms with E-state index in [1.807, 2.05) is 18.2 Å². The quantitative estimate of drug-likeness (QED) is 0.866. The van der Waals surface area contributed by atoms with Gasteiger partial charge in [-0.15, -0.1) is 11.3 Å². The molecule has 1 N–H and O–H groups in total.